The van der Waals surface area contributed by atoms with E-state index < -0.39 is 0 Å². The first-order valence-electron chi connectivity index (χ1n) is 16.3. The summed E-state index contributed by atoms with van der Waals surface area (Å²) in [5.74, 6) is 0. The average molecular weight is 636 g/mol. The monoisotopic (exact) mass is 635 g/mol. The zero-order valence-electron chi connectivity index (χ0n) is 26.7. The number of hydrogen-bond donors (Lipinski definition) is 0. The van der Waals surface area contributed by atoms with Gasteiger partial charge in [0.25, 0.3) is 0 Å². The van der Waals surface area contributed by atoms with Gasteiger partial charge in [-0.15, -0.1) is 0 Å². The molecule has 0 fully saturated rings. The maximum absolute atomic E-state index is 10.6. The maximum Gasteiger partial charge on any atom is 0.0998 e. The van der Waals surface area contributed by atoms with Gasteiger partial charge in [0.1, 0.15) is 0 Å². The molecule has 0 aliphatic rings. The van der Waals surface area contributed by atoms with Gasteiger partial charge in [0.2, 0.25) is 0 Å². The van der Waals surface area contributed by atoms with E-state index in [4.69, 9.17) is 0 Å². The molecule has 2 heterocycles. The Kier molecular flexibility index (Phi) is 6.56. The Labute approximate surface area is 287 Å². The molecule has 0 amide bonds. The fourth-order valence-electron chi connectivity index (χ4n) is 7.39. The number of nitrogens with zero attached hydrogens (tertiary/aromatic N) is 5. The van der Waals surface area contributed by atoms with E-state index in [0.29, 0.717) is 16.7 Å². The molecule has 9 rings (SSSR count). The molecule has 230 valence electrons. The van der Waals surface area contributed by atoms with Crippen LogP contribution in [0.1, 0.15) is 16.7 Å². The molecule has 0 aliphatic heterocycles. The number of benzene rings is 7. The first kappa shape index (κ1) is 28.8. The van der Waals surface area contributed by atoms with Crippen molar-refractivity contribution in [3.05, 3.63) is 168 Å². The van der Waals surface area contributed by atoms with E-state index >= 15 is 0 Å². The molecule has 0 saturated heterocycles. The van der Waals surface area contributed by atoms with Crippen LogP contribution in [0.5, 0.6) is 0 Å². The van der Waals surface area contributed by atoms with E-state index in [2.05, 4.69) is 118 Å². The van der Waals surface area contributed by atoms with Gasteiger partial charge in [-0.1, -0.05) is 78.9 Å². The van der Waals surface area contributed by atoms with Crippen molar-refractivity contribution < 1.29 is 0 Å². The van der Waals surface area contributed by atoms with Gasteiger partial charge in [-0.25, -0.2) is 0 Å². The van der Waals surface area contributed by atoms with Crippen LogP contribution in [0.4, 0.5) is 0 Å². The summed E-state index contributed by atoms with van der Waals surface area (Å²) in [4.78, 5) is 0. The van der Waals surface area contributed by atoms with Crippen molar-refractivity contribution >= 4 is 43.6 Å². The van der Waals surface area contributed by atoms with Crippen molar-refractivity contribution in [2.24, 2.45) is 0 Å². The summed E-state index contributed by atoms with van der Waals surface area (Å²) in [6.07, 6.45) is 0. The standard InChI is InChI=1S/C45H25N5/c46-26-29-16-20-44(50-43-15-6-3-12-38(43)40-23-30(27-47)17-21-45(40)50)39(22-29)35-19-18-32(24-33(35)28-48)31-8-7-9-34(25-31)49-41-13-4-1-10-36(41)37-11-2-5-14-42(37)49/h1-25H. The number of hydrogen-bond acceptors (Lipinski definition) is 3. The highest BCUT2D eigenvalue weighted by atomic mass is 15.0. The molecule has 5 nitrogen and oxygen atoms in total. The molecule has 0 spiro atoms. The zero-order valence-corrected chi connectivity index (χ0v) is 26.7. The topological polar surface area (TPSA) is 81.2 Å². The van der Waals surface area contributed by atoms with Gasteiger partial charge < -0.3 is 9.13 Å². The smallest absolute Gasteiger partial charge is 0.0998 e. The summed E-state index contributed by atoms with van der Waals surface area (Å²) in [6, 6.07) is 57.7. The van der Waals surface area contributed by atoms with Crippen LogP contribution in [-0.2, 0) is 0 Å². The number of nitriles is 3. The molecular weight excluding hydrogens is 611 g/mol. The van der Waals surface area contributed by atoms with Crippen LogP contribution < -0.4 is 0 Å². The van der Waals surface area contributed by atoms with E-state index in [1.54, 1.807) is 0 Å². The van der Waals surface area contributed by atoms with Crippen LogP contribution in [0.15, 0.2) is 152 Å². The van der Waals surface area contributed by atoms with E-state index in [9.17, 15) is 15.8 Å². The van der Waals surface area contributed by atoms with Crippen molar-refractivity contribution in [3.8, 4) is 51.8 Å². The summed E-state index contributed by atoms with van der Waals surface area (Å²) >= 11 is 0. The molecule has 0 bridgehead atoms. The van der Waals surface area contributed by atoms with Gasteiger partial charge >= 0.3 is 0 Å². The number of para-hydroxylation sites is 3. The molecule has 0 saturated carbocycles. The molecule has 0 aliphatic carbocycles. The lowest BCUT2D eigenvalue weighted by Gasteiger charge is -2.16. The normalized spacial score (nSPS) is 11.1. The number of rotatable bonds is 4. The Morgan fingerprint density at radius 2 is 0.960 bits per heavy atom. The molecule has 5 heteroatoms. The van der Waals surface area contributed by atoms with Gasteiger partial charge in [-0.3, -0.25) is 0 Å². The zero-order chi connectivity index (χ0) is 33.8. The van der Waals surface area contributed by atoms with E-state index in [0.717, 1.165) is 66.5 Å². The maximum atomic E-state index is 10.6. The summed E-state index contributed by atoms with van der Waals surface area (Å²) < 4.78 is 4.45. The summed E-state index contributed by atoms with van der Waals surface area (Å²) in [5.41, 5.74) is 11.1. The van der Waals surface area contributed by atoms with E-state index in [-0.39, 0.29) is 0 Å². The highest BCUT2D eigenvalue weighted by Gasteiger charge is 2.19. The molecule has 9 aromatic rings. The fourth-order valence-corrected chi connectivity index (χ4v) is 7.39. The molecule has 0 N–H and O–H groups in total. The minimum Gasteiger partial charge on any atom is -0.309 e. The van der Waals surface area contributed by atoms with Crippen LogP contribution in [-0.4, -0.2) is 9.13 Å². The second kappa shape index (κ2) is 11.4. The van der Waals surface area contributed by atoms with Gasteiger partial charge in [0.05, 0.1) is 62.7 Å². The number of aromatic nitrogens is 2. The lowest BCUT2D eigenvalue weighted by Crippen LogP contribution is -1.99. The predicted molar refractivity (Wildman–Crippen MR) is 200 cm³/mol. The average Bonchev–Trinajstić information content (AvgIpc) is 3.70. The Morgan fingerprint density at radius 3 is 1.64 bits per heavy atom. The minimum absolute atomic E-state index is 0.503. The Balaban J connectivity index is 1.22. The van der Waals surface area contributed by atoms with E-state index in [1.807, 2.05) is 60.7 Å². The van der Waals surface area contributed by atoms with Crippen LogP contribution in [0.3, 0.4) is 0 Å². The molecule has 2 aromatic heterocycles. The van der Waals surface area contributed by atoms with Gasteiger partial charge in [-0.05, 0) is 83.9 Å². The second-order valence-corrected chi connectivity index (χ2v) is 12.3. The third kappa shape index (κ3) is 4.38. The lowest BCUT2D eigenvalue weighted by atomic mass is 9.93. The summed E-state index contributed by atoms with van der Waals surface area (Å²) in [5, 5.41) is 34.5. The van der Waals surface area contributed by atoms with Crippen molar-refractivity contribution in [3.63, 3.8) is 0 Å². The van der Waals surface area contributed by atoms with Crippen LogP contribution >= 0.6 is 0 Å². The molecule has 0 atom stereocenters. The first-order chi connectivity index (χ1) is 24.7. The van der Waals surface area contributed by atoms with Crippen LogP contribution in [0, 0.1) is 34.0 Å². The predicted octanol–water partition coefficient (Wildman–Crippen LogP) is 10.8. The van der Waals surface area contributed by atoms with Crippen molar-refractivity contribution in [1.29, 1.82) is 15.8 Å². The highest BCUT2D eigenvalue weighted by molar-refractivity contribution is 6.11. The third-order valence-corrected chi connectivity index (χ3v) is 9.62. The first-order valence-corrected chi connectivity index (χ1v) is 16.3. The van der Waals surface area contributed by atoms with Crippen molar-refractivity contribution in [1.82, 2.24) is 9.13 Å². The molecular formula is C45H25N5. The van der Waals surface area contributed by atoms with Gasteiger partial charge in [-0.2, -0.15) is 15.8 Å². The molecule has 7 aromatic carbocycles. The van der Waals surface area contributed by atoms with Gasteiger partial charge in [0, 0.05) is 38.4 Å². The SMILES string of the molecule is N#Cc1ccc(-n2c3ccccc3c3cc(C#N)ccc32)c(-c2ccc(-c3cccc(-n4c5ccccc5c5ccccc54)c3)cc2C#N)c1. The molecule has 0 radical (unpaired) electrons. The fraction of sp³-hybridized carbons (Fsp3) is 0. The summed E-state index contributed by atoms with van der Waals surface area (Å²) in [6.45, 7) is 0. The van der Waals surface area contributed by atoms with Gasteiger partial charge in [0.15, 0.2) is 0 Å². The van der Waals surface area contributed by atoms with Crippen LogP contribution in [0.25, 0.3) is 77.2 Å². The second-order valence-electron chi connectivity index (χ2n) is 12.3. The Morgan fingerprint density at radius 1 is 0.380 bits per heavy atom. The van der Waals surface area contributed by atoms with Crippen molar-refractivity contribution in [2.45, 2.75) is 0 Å². The third-order valence-electron chi connectivity index (χ3n) is 9.62. The van der Waals surface area contributed by atoms with E-state index in [1.165, 1.54) is 10.8 Å². The molecule has 50 heavy (non-hydrogen) atoms. The molecule has 0 unspecified atom stereocenters. The largest absolute Gasteiger partial charge is 0.309 e. The van der Waals surface area contributed by atoms with Crippen LogP contribution in [0.2, 0.25) is 0 Å². The number of fused-ring (bicyclic) bond motifs is 6. The Bertz CT molecular complexity index is 2920. The van der Waals surface area contributed by atoms with Crippen molar-refractivity contribution in [2.75, 3.05) is 0 Å². The lowest BCUT2D eigenvalue weighted by molar-refractivity contribution is 1.18. The quantitative estimate of drug-likeness (QED) is 0.193. The minimum atomic E-state index is 0.503. The highest BCUT2D eigenvalue weighted by Crippen LogP contribution is 2.39. The Hall–Kier alpha value is -7.39. The summed E-state index contributed by atoms with van der Waals surface area (Å²) in [7, 11) is 0.